The first-order valence-corrected chi connectivity index (χ1v) is 13.4. The molecule has 0 aliphatic carbocycles. The van der Waals surface area contributed by atoms with Crippen LogP contribution in [0.15, 0.2) is 65.6 Å². The maximum atomic E-state index is 12.9. The Hall–Kier alpha value is -3.05. The number of carbonyl (C=O) groups excluding carboxylic acids is 2. The van der Waals surface area contributed by atoms with Crippen LogP contribution in [0.2, 0.25) is 0 Å². The van der Waals surface area contributed by atoms with Crippen molar-refractivity contribution in [3.05, 3.63) is 71.1 Å². The van der Waals surface area contributed by atoms with Gasteiger partial charge in [0.2, 0.25) is 15.9 Å². The molecular weight excluding hydrogens is 486 g/mol. The topological polar surface area (TPSA) is 96.0 Å². The molecule has 0 unspecified atom stereocenters. The minimum atomic E-state index is -3.55. The smallest absolute Gasteiger partial charge is 0.341 e. The molecule has 184 valence electrons. The van der Waals surface area contributed by atoms with E-state index in [0.717, 1.165) is 16.0 Å². The van der Waals surface area contributed by atoms with E-state index in [1.807, 2.05) is 42.2 Å². The van der Waals surface area contributed by atoms with Crippen LogP contribution in [0, 0.1) is 6.92 Å². The molecule has 2 aromatic carbocycles. The van der Waals surface area contributed by atoms with E-state index in [1.54, 1.807) is 30.3 Å². The van der Waals surface area contributed by atoms with E-state index in [-0.39, 0.29) is 17.3 Å². The van der Waals surface area contributed by atoms with Gasteiger partial charge in [-0.3, -0.25) is 9.69 Å². The van der Waals surface area contributed by atoms with Gasteiger partial charge >= 0.3 is 5.97 Å². The van der Waals surface area contributed by atoms with Crippen molar-refractivity contribution in [2.24, 2.45) is 0 Å². The predicted molar refractivity (Wildman–Crippen MR) is 136 cm³/mol. The number of amides is 1. The molecule has 1 aliphatic rings. The van der Waals surface area contributed by atoms with Gasteiger partial charge in [-0.15, -0.1) is 11.3 Å². The van der Waals surface area contributed by atoms with E-state index in [0.29, 0.717) is 36.7 Å². The first kappa shape index (κ1) is 25.1. The van der Waals surface area contributed by atoms with Crippen LogP contribution in [0.4, 0.5) is 5.00 Å². The van der Waals surface area contributed by atoms with Crippen LogP contribution < -0.4 is 5.32 Å². The van der Waals surface area contributed by atoms with E-state index in [2.05, 4.69) is 5.32 Å². The molecule has 0 atom stereocenters. The quantitative estimate of drug-likeness (QED) is 0.486. The van der Waals surface area contributed by atoms with Crippen LogP contribution in [0.25, 0.3) is 11.1 Å². The molecule has 35 heavy (non-hydrogen) atoms. The number of methoxy groups -OCH3 is 1. The van der Waals surface area contributed by atoms with E-state index in [4.69, 9.17) is 4.74 Å². The van der Waals surface area contributed by atoms with Crippen molar-refractivity contribution >= 4 is 38.2 Å². The Labute approximate surface area is 209 Å². The van der Waals surface area contributed by atoms with Crippen LogP contribution in [0.1, 0.15) is 15.2 Å². The Morgan fingerprint density at radius 1 is 0.971 bits per heavy atom. The Morgan fingerprint density at radius 3 is 2.17 bits per heavy atom. The van der Waals surface area contributed by atoms with Crippen LogP contribution in [0.5, 0.6) is 0 Å². The van der Waals surface area contributed by atoms with Crippen molar-refractivity contribution in [3.8, 4) is 11.1 Å². The fraction of sp³-hybridized carbons (Fsp3) is 0.280. The standard InChI is InChI=1S/C25H27N3O5S2/c1-18-22(19-9-5-3-6-10-19)23(25(30)33-2)24(34-18)26-21(29)17-27-13-15-28(16-14-27)35(31,32)20-11-7-4-8-12-20/h3-12H,13-17H2,1-2H3,(H,26,29). The largest absolute Gasteiger partial charge is 0.465 e. The summed E-state index contributed by atoms with van der Waals surface area (Å²) in [6, 6.07) is 17.9. The van der Waals surface area contributed by atoms with Crippen molar-refractivity contribution in [2.45, 2.75) is 11.8 Å². The second kappa shape index (κ2) is 10.7. The Kier molecular flexibility index (Phi) is 7.66. The van der Waals surface area contributed by atoms with Crippen LogP contribution >= 0.6 is 11.3 Å². The lowest BCUT2D eigenvalue weighted by atomic mass is 10.0. The summed E-state index contributed by atoms with van der Waals surface area (Å²) in [5, 5.41) is 3.32. The number of benzene rings is 2. The molecule has 1 fully saturated rings. The van der Waals surface area contributed by atoms with Gasteiger partial charge in [-0.2, -0.15) is 4.31 Å². The molecule has 1 aliphatic heterocycles. The molecule has 1 N–H and O–H groups in total. The molecule has 1 amide bonds. The highest BCUT2D eigenvalue weighted by molar-refractivity contribution is 7.89. The number of rotatable bonds is 7. The predicted octanol–water partition coefficient (Wildman–Crippen LogP) is 3.46. The molecule has 0 radical (unpaired) electrons. The number of anilines is 1. The number of esters is 1. The number of ether oxygens (including phenoxy) is 1. The van der Waals surface area contributed by atoms with Crippen LogP contribution in [-0.4, -0.2) is 69.3 Å². The highest BCUT2D eigenvalue weighted by atomic mass is 32.2. The average Bonchev–Trinajstić information content (AvgIpc) is 3.20. The summed E-state index contributed by atoms with van der Waals surface area (Å²) in [5.41, 5.74) is 1.96. The van der Waals surface area contributed by atoms with Gasteiger partial charge in [-0.25, -0.2) is 13.2 Å². The lowest BCUT2D eigenvalue weighted by molar-refractivity contribution is -0.117. The van der Waals surface area contributed by atoms with Gasteiger partial charge in [0, 0.05) is 36.6 Å². The Balaban J connectivity index is 1.43. The van der Waals surface area contributed by atoms with Gasteiger partial charge in [-0.05, 0) is 24.6 Å². The highest BCUT2D eigenvalue weighted by Gasteiger charge is 2.30. The summed E-state index contributed by atoms with van der Waals surface area (Å²) in [6.45, 7) is 3.46. The molecule has 0 spiro atoms. The number of nitrogens with zero attached hydrogens (tertiary/aromatic N) is 2. The zero-order valence-corrected chi connectivity index (χ0v) is 21.2. The van der Waals surface area contributed by atoms with Crippen molar-refractivity contribution < 1.29 is 22.7 Å². The summed E-state index contributed by atoms with van der Waals surface area (Å²) in [4.78, 5) is 28.6. The molecule has 3 aromatic rings. The fourth-order valence-corrected chi connectivity index (χ4v) is 6.64. The molecule has 8 nitrogen and oxygen atoms in total. The van der Waals surface area contributed by atoms with E-state index < -0.39 is 16.0 Å². The zero-order chi connectivity index (χ0) is 25.0. The summed E-state index contributed by atoms with van der Waals surface area (Å²) < 4.78 is 32.1. The Morgan fingerprint density at radius 2 is 1.57 bits per heavy atom. The van der Waals surface area contributed by atoms with Gasteiger partial charge in [0.25, 0.3) is 0 Å². The molecule has 2 heterocycles. The van der Waals surface area contributed by atoms with Gasteiger partial charge in [0.15, 0.2) is 0 Å². The highest BCUT2D eigenvalue weighted by Crippen LogP contribution is 2.40. The van der Waals surface area contributed by atoms with Crippen molar-refractivity contribution in [1.29, 1.82) is 0 Å². The maximum absolute atomic E-state index is 12.9. The number of carbonyl (C=O) groups is 2. The number of nitrogens with one attached hydrogen (secondary N) is 1. The minimum absolute atomic E-state index is 0.0947. The van der Waals surface area contributed by atoms with Crippen LogP contribution in [0.3, 0.4) is 0 Å². The average molecular weight is 514 g/mol. The lowest BCUT2D eigenvalue weighted by Gasteiger charge is -2.33. The zero-order valence-electron chi connectivity index (χ0n) is 19.6. The van der Waals surface area contributed by atoms with Gasteiger partial charge in [-0.1, -0.05) is 48.5 Å². The summed E-state index contributed by atoms with van der Waals surface area (Å²) in [5.74, 6) is -0.779. The normalized spacial score (nSPS) is 15.0. The third kappa shape index (κ3) is 5.46. The van der Waals surface area contributed by atoms with E-state index in [1.165, 1.54) is 22.8 Å². The van der Waals surface area contributed by atoms with Gasteiger partial charge < -0.3 is 10.1 Å². The molecule has 1 saturated heterocycles. The summed E-state index contributed by atoms with van der Waals surface area (Å²) in [7, 11) is -2.23. The van der Waals surface area contributed by atoms with Crippen molar-refractivity contribution in [3.63, 3.8) is 0 Å². The SMILES string of the molecule is COC(=O)c1c(NC(=O)CN2CCN(S(=O)(=O)c3ccccc3)CC2)sc(C)c1-c1ccccc1. The maximum Gasteiger partial charge on any atom is 0.341 e. The lowest BCUT2D eigenvalue weighted by Crippen LogP contribution is -2.50. The molecule has 10 heteroatoms. The van der Waals surface area contributed by atoms with E-state index >= 15 is 0 Å². The molecule has 1 aromatic heterocycles. The minimum Gasteiger partial charge on any atom is -0.465 e. The van der Waals surface area contributed by atoms with Crippen molar-refractivity contribution in [1.82, 2.24) is 9.21 Å². The second-order valence-electron chi connectivity index (χ2n) is 8.14. The third-order valence-electron chi connectivity index (χ3n) is 5.87. The summed E-state index contributed by atoms with van der Waals surface area (Å²) >= 11 is 1.33. The van der Waals surface area contributed by atoms with E-state index in [9.17, 15) is 18.0 Å². The van der Waals surface area contributed by atoms with Crippen LogP contribution in [-0.2, 0) is 19.6 Å². The second-order valence-corrected chi connectivity index (χ2v) is 11.3. The van der Waals surface area contributed by atoms with Gasteiger partial charge in [0.05, 0.1) is 18.6 Å². The van der Waals surface area contributed by atoms with Gasteiger partial charge in [0.1, 0.15) is 10.6 Å². The van der Waals surface area contributed by atoms with Crippen molar-refractivity contribution in [2.75, 3.05) is 45.2 Å². The molecule has 4 rings (SSSR count). The number of thiophene rings is 1. The molecular formula is C25H27N3O5S2. The number of aryl methyl sites for hydroxylation is 1. The fourth-order valence-electron chi connectivity index (χ4n) is 4.12. The first-order valence-electron chi connectivity index (χ1n) is 11.2. The number of hydrogen-bond donors (Lipinski definition) is 1. The monoisotopic (exact) mass is 513 g/mol. The number of hydrogen-bond acceptors (Lipinski definition) is 7. The third-order valence-corrected chi connectivity index (χ3v) is 8.80. The Bertz CT molecular complexity index is 1300. The summed E-state index contributed by atoms with van der Waals surface area (Å²) in [6.07, 6.45) is 0. The molecule has 0 bridgehead atoms. The number of sulfonamides is 1. The molecule has 0 saturated carbocycles. The first-order chi connectivity index (χ1) is 16.8. The number of piperazine rings is 1.